The third kappa shape index (κ3) is 8.98. The number of hydrogen-bond acceptors (Lipinski definition) is 3. The molecular formula is C20H35N2O3P. The van der Waals surface area contributed by atoms with E-state index in [9.17, 15) is 14.3 Å². The molecule has 148 valence electrons. The Morgan fingerprint density at radius 1 is 1.23 bits per heavy atom. The Morgan fingerprint density at radius 3 is 2.54 bits per heavy atom. The Morgan fingerprint density at radius 2 is 1.88 bits per heavy atom. The fourth-order valence-corrected chi connectivity index (χ4v) is 3.44. The van der Waals surface area contributed by atoms with Crippen LogP contribution in [0.2, 0.25) is 0 Å². The lowest BCUT2D eigenvalue weighted by Gasteiger charge is -2.19. The van der Waals surface area contributed by atoms with Gasteiger partial charge in [0.15, 0.2) is 7.37 Å². The molecule has 0 aliphatic carbocycles. The highest BCUT2D eigenvalue weighted by atomic mass is 31.2. The second kappa shape index (κ2) is 11.5. The van der Waals surface area contributed by atoms with Gasteiger partial charge in [-0.15, -0.1) is 0 Å². The van der Waals surface area contributed by atoms with Gasteiger partial charge in [0.05, 0.1) is 6.04 Å². The van der Waals surface area contributed by atoms with E-state index in [2.05, 4.69) is 18.3 Å². The van der Waals surface area contributed by atoms with Gasteiger partial charge in [-0.2, -0.15) is 0 Å². The number of amides is 1. The number of unbranched alkanes of at least 4 members (excludes halogenated alkanes) is 5. The Bertz CT molecular complexity index is 600. The minimum Gasteiger partial charge on any atom is -0.344 e. The Hall–Kier alpha value is -1.16. The number of hydrogen-bond donors (Lipinski definition) is 3. The number of carbonyl (C=O) groups is 1. The molecule has 0 aliphatic rings. The molecule has 5 nitrogen and oxygen atoms in total. The standard InChI is InChI=1S/C20H35N2O3P/c1-4-5-6-7-8-9-11-17-12-10-13-18(15-17)22-20(23)19(21)14-16(2)26(3,24)25/h10,12-13,15-16,19H,4-9,11,14,21H2,1-3H3,(H,22,23)(H,24,25)/t16?,19-/m1/s1. The van der Waals surface area contributed by atoms with Gasteiger partial charge in [0.25, 0.3) is 0 Å². The van der Waals surface area contributed by atoms with E-state index in [4.69, 9.17) is 5.73 Å². The Labute approximate surface area is 158 Å². The van der Waals surface area contributed by atoms with Crippen LogP contribution in [0.1, 0.15) is 64.4 Å². The van der Waals surface area contributed by atoms with E-state index in [-0.39, 0.29) is 12.3 Å². The van der Waals surface area contributed by atoms with Crippen molar-refractivity contribution in [2.75, 3.05) is 12.0 Å². The van der Waals surface area contributed by atoms with Gasteiger partial charge in [0, 0.05) is 18.0 Å². The van der Waals surface area contributed by atoms with Gasteiger partial charge in [-0.25, -0.2) is 0 Å². The molecule has 2 unspecified atom stereocenters. The summed E-state index contributed by atoms with van der Waals surface area (Å²) in [5, 5.41) is 2.82. The first kappa shape index (κ1) is 22.9. The molecule has 1 rings (SSSR count). The lowest BCUT2D eigenvalue weighted by molar-refractivity contribution is -0.117. The van der Waals surface area contributed by atoms with Crippen molar-refractivity contribution in [3.8, 4) is 0 Å². The topological polar surface area (TPSA) is 92.4 Å². The van der Waals surface area contributed by atoms with Gasteiger partial charge in [0.2, 0.25) is 5.91 Å². The smallest absolute Gasteiger partial charge is 0.241 e. The first-order valence-corrected chi connectivity index (χ1v) is 11.9. The second-order valence-corrected chi connectivity index (χ2v) is 10.1. The monoisotopic (exact) mass is 382 g/mol. The van der Waals surface area contributed by atoms with Crippen LogP contribution < -0.4 is 11.1 Å². The highest BCUT2D eigenvalue weighted by Crippen LogP contribution is 2.43. The van der Waals surface area contributed by atoms with Crippen molar-refractivity contribution < 1.29 is 14.3 Å². The maximum absolute atomic E-state index is 12.2. The summed E-state index contributed by atoms with van der Waals surface area (Å²) >= 11 is 0. The summed E-state index contributed by atoms with van der Waals surface area (Å²) < 4.78 is 11.6. The number of nitrogens with two attached hydrogens (primary N) is 1. The average Bonchev–Trinajstić information content (AvgIpc) is 2.57. The van der Waals surface area contributed by atoms with Crippen molar-refractivity contribution in [2.45, 2.75) is 76.9 Å². The van der Waals surface area contributed by atoms with Crippen LogP contribution in [-0.2, 0) is 15.8 Å². The van der Waals surface area contributed by atoms with E-state index in [0.717, 1.165) is 18.5 Å². The summed E-state index contributed by atoms with van der Waals surface area (Å²) in [4.78, 5) is 21.8. The molecule has 3 atom stereocenters. The lowest BCUT2D eigenvalue weighted by Crippen LogP contribution is -2.37. The van der Waals surface area contributed by atoms with E-state index in [1.54, 1.807) is 6.92 Å². The molecule has 0 fully saturated rings. The van der Waals surface area contributed by atoms with E-state index < -0.39 is 19.1 Å². The summed E-state index contributed by atoms with van der Waals surface area (Å²) in [7, 11) is -3.22. The number of benzene rings is 1. The molecule has 0 aromatic heterocycles. The highest BCUT2D eigenvalue weighted by Gasteiger charge is 2.26. The molecule has 0 saturated heterocycles. The Kier molecular flexibility index (Phi) is 10.1. The van der Waals surface area contributed by atoms with Crippen LogP contribution in [0.25, 0.3) is 0 Å². The molecule has 1 aromatic carbocycles. The van der Waals surface area contributed by atoms with Crippen LogP contribution in [0.3, 0.4) is 0 Å². The molecule has 0 aliphatic heterocycles. The molecule has 0 saturated carbocycles. The number of aryl methyl sites for hydroxylation is 1. The number of nitrogens with one attached hydrogen (secondary N) is 1. The predicted octanol–water partition coefficient (Wildman–Crippen LogP) is 4.53. The van der Waals surface area contributed by atoms with Crippen molar-refractivity contribution in [3.63, 3.8) is 0 Å². The minimum absolute atomic E-state index is 0.188. The Balaban J connectivity index is 2.47. The predicted molar refractivity (Wildman–Crippen MR) is 110 cm³/mol. The van der Waals surface area contributed by atoms with E-state index in [1.165, 1.54) is 44.3 Å². The van der Waals surface area contributed by atoms with Crippen LogP contribution >= 0.6 is 7.37 Å². The van der Waals surface area contributed by atoms with Gasteiger partial charge in [-0.3, -0.25) is 9.36 Å². The molecular weight excluding hydrogens is 347 g/mol. The lowest BCUT2D eigenvalue weighted by atomic mass is 10.0. The van der Waals surface area contributed by atoms with Gasteiger partial charge in [0.1, 0.15) is 0 Å². The third-order valence-corrected chi connectivity index (χ3v) is 6.61. The minimum atomic E-state index is -3.22. The van der Waals surface area contributed by atoms with Crippen LogP contribution in [0, 0.1) is 0 Å². The number of anilines is 1. The fourth-order valence-electron chi connectivity index (χ4n) is 2.82. The molecule has 0 heterocycles. The normalized spacial score (nSPS) is 15.9. The van der Waals surface area contributed by atoms with Crippen LogP contribution in [0.4, 0.5) is 5.69 Å². The maximum atomic E-state index is 12.2. The largest absolute Gasteiger partial charge is 0.344 e. The first-order valence-electron chi connectivity index (χ1n) is 9.69. The van der Waals surface area contributed by atoms with Crippen molar-refractivity contribution >= 4 is 19.0 Å². The van der Waals surface area contributed by atoms with Crippen molar-refractivity contribution in [3.05, 3.63) is 29.8 Å². The summed E-state index contributed by atoms with van der Waals surface area (Å²) in [5.41, 5.74) is 7.33. The van der Waals surface area contributed by atoms with Crippen molar-refractivity contribution in [2.24, 2.45) is 5.73 Å². The molecule has 6 heteroatoms. The molecule has 0 spiro atoms. The van der Waals surface area contributed by atoms with E-state index in [1.807, 2.05) is 18.2 Å². The first-order chi connectivity index (χ1) is 12.2. The maximum Gasteiger partial charge on any atom is 0.241 e. The average molecular weight is 382 g/mol. The molecule has 0 bridgehead atoms. The van der Waals surface area contributed by atoms with Crippen LogP contribution in [0.5, 0.6) is 0 Å². The summed E-state index contributed by atoms with van der Waals surface area (Å²) in [5.74, 6) is -0.318. The number of rotatable bonds is 12. The molecule has 4 N–H and O–H groups in total. The van der Waals surface area contributed by atoms with Crippen LogP contribution in [0.15, 0.2) is 24.3 Å². The molecule has 0 radical (unpaired) electrons. The van der Waals surface area contributed by atoms with Gasteiger partial charge in [-0.05, 0) is 37.0 Å². The zero-order chi connectivity index (χ0) is 19.6. The SMILES string of the molecule is CCCCCCCCc1cccc(NC(=O)[C@H](N)CC(C)P(C)(=O)O)c1. The summed E-state index contributed by atoms with van der Waals surface area (Å²) in [6.07, 6.45) is 8.74. The zero-order valence-electron chi connectivity index (χ0n) is 16.4. The van der Waals surface area contributed by atoms with Crippen LogP contribution in [-0.4, -0.2) is 29.2 Å². The number of carbonyl (C=O) groups excluding carboxylic acids is 1. The fraction of sp³-hybridized carbons (Fsp3) is 0.650. The molecule has 1 amide bonds. The third-order valence-electron chi connectivity index (χ3n) is 4.76. The zero-order valence-corrected chi connectivity index (χ0v) is 17.3. The quantitative estimate of drug-likeness (QED) is 0.366. The van der Waals surface area contributed by atoms with Gasteiger partial charge >= 0.3 is 0 Å². The molecule has 1 aromatic rings. The van der Waals surface area contributed by atoms with Crippen molar-refractivity contribution in [1.29, 1.82) is 0 Å². The second-order valence-electron chi connectivity index (χ2n) is 7.34. The highest BCUT2D eigenvalue weighted by molar-refractivity contribution is 7.57. The van der Waals surface area contributed by atoms with E-state index in [0.29, 0.717) is 0 Å². The van der Waals surface area contributed by atoms with E-state index >= 15 is 0 Å². The van der Waals surface area contributed by atoms with Crippen molar-refractivity contribution in [1.82, 2.24) is 0 Å². The molecule has 26 heavy (non-hydrogen) atoms. The summed E-state index contributed by atoms with van der Waals surface area (Å²) in [6, 6.07) is 7.03. The summed E-state index contributed by atoms with van der Waals surface area (Å²) in [6.45, 7) is 5.17. The van der Waals surface area contributed by atoms with Gasteiger partial charge in [-0.1, -0.05) is 58.1 Å². The van der Waals surface area contributed by atoms with Gasteiger partial charge < -0.3 is 15.9 Å².